The highest BCUT2D eigenvalue weighted by Crippen LogP contribution is 2.35. The Balaban J connectivity index is 1.93. The largest absolute Gasteiger partial charge is 0.494 e. The molecule has 13 heteroatoms. The molecule has 0 aliphatic carbocycles. The number of aliphatic hydroxyl groups is 2. The van der Waals surface area contributed by atoms with Crippen molar-refractivity contribution in [3.05, 3.63) is 53.3 Å². The summed E-state index contributed by atoms with van der Waals surface area (Å²) >= 11 is 0. The van der Waals surface area contributed by atoms with Gasteiger partial charge in [0, 0.05) is 12.6 Å². The molecule has 0 aromatic heterocycles. The van der Waals surface area contributed by atoms with E-state index in [-0.39, 0.29) is 11.5 Å². The number of nitrogens with zero attached hydrogens (tertiary/aromatic N) is 2. The minimum Gasteiger partial charge on any atom is -0.494 e. The van der Waals surface area contributed by atoms with E-state index in [0.717, 1.165) is 6.07 Å². The quantitative estimate of drug-likeness (QED) is 0.594. The summed E-state index contributed by atoms with van der Waals surface area (Å²) in [6.07, 6.45) is -6.14. The zero-order valence-electron chi connectivity index (χ0n) is 17.0. The minimum atomic E-state index is -4.79. The molecular formula is C20H18F4N2O6S. The summed E-state index contributed by atoms with van der Waals surface area (Å²) < 4.78 is 89.9. The maximum absolute atomic E-state index is 14.0. The van der Waals surface area contributed by atoms with E-state index in [2.05, 4.69) is 0 Å². The molecule has 1 aliphatic heterocycles. The van der Waals surface area contributed by atoms with Gasteiger partial charge in [-0.1, -0.05) is 0 Å². The second-order valence-corrected chi connectivity index (χ2v) is 9.19. The number of aliphatic hydroxyl groups excluding tert-OH is 1. The van der Waals surface area contributed by atoms with Crippen LogP contribution in [0.4, 0.5) is 17.6 Å². The second-order valence-electron chi connectivity index (χ2n) is 7.28. The Bertz CT molecular complexity index is 1200. The number of β-amino-alcohol motifs (C(OH)–C–C–N with tert-alkyl or cyclic N) is 1. The molecule has 178 valence electrons. The summed E-state index contributed by atoms with van der Waals surface area (Å²) in [4.78, 5) is -0.700. The molecule has 2 aromatic rings. The van der Waals surface area contributed by atoms with Gasteiger partial charge in [-0.05, 0) is 30.3 Å². The molecule has 8 nitrogen and oxygen atoms in total. The summed E-state index contributed by atoms with van der Waals surface area (Å²) in [7, 11) is -3.32. The fraction of sp³-hybridized carbons (Fsp3) is 0.350. The van der Waals surface area contributed by atoms with Crippen molar-refractivity contribution < 1.29 is 45.7 Å². The van der Waals surface area contributed by atoms with Crippen LogP contribution in [-0.2, 0) is 16.2 Å². The van der Waals surface area contributed by atoms with Crippen LogP contribution in [0.1, 0.15) is 11.1 Å². The predicted molar refractivity (Wildman–Crippen MR) is 104 cm³/mol. The van der Waals surface area contributed by atoms with E-state index in [0.29, 0.717) is 22.5 Å². The number of rotatable bonds is 6. The van der Waals surface area contributed by atoms with Crippen LogP contribution in [0.2, 0.25) is 0 Å². The third-order valence-electron chi connectivity index (χ3n) is 5.14. The van der Waals surface area contributed by atoms with Crippen molar-refractivity contribution in [3.63, 3.8) is 0 Å². The van der Waals surface area contributed by atoms with Crippen LogP contribution < -0.4 is 9.47 Å². The fourth-order valence-electron chi connectivity index (χ4n) is 3.35. The number of methoxy groups -OCH3 is 1. The van der Waals surface area contributed by atoms with Crippen LogP contribution in [-0.4, -0.2) is 61.4 Å². The van der Waals surface area contributed by atoms with E-state index >= 15 is 0 Å². The molecule has 2 N–H and O–H groups in total. The third-order valence-corrected chi connectivity index (χ3v) is 7.01. The molecule has 0 radical (unpaired) electrons. The van der Waals surface area contributed by atoms with Crippen LogP contribution in [0.15, 0.2) is 41.3 Å². The van der Waals surface area contributed by atoms with E-state index in [4.69, 9.17) is 9.47 Å². The Morgan fingerprint density at radius 1 is 1.27 bits per heavy atom. The highest BCUT2D eigenvalue weighted by atomic mass is 32.2. The molecule has 1 aliphatic rings. The summed E-state index contributed by atoms with van der Waals surface area (Å²) in [5.41, 5.74) is -4.05. The molecule has 0 saturated carbocycles. The first-order chi connectivity index (χ1) is 15.4. The Hall–Kier alpha value is -2.92. The van der Waals surface area contributed by atoms with E-state index in [1.165, 1.54) is 25.3 Å². The lowest BCUT2D eigenvalue weighted by atomic mass is 10.0. The van der Waals surface area contributed by atoms with Crippen molar-refractivity contribution >= 4 is 10.0 Å². The Morgan fingerprint density at radius 2 is 1.97 bits per heavy atom. The van der Waals surface area contributed by atoms with Crippen LogP contribution in [0.25, 0.3) is 0 Å². The van der Waals surface area contributed by atoms with Gasteiger partial charge in [-0.2, -0.15) is 22.7 Å². The van der Waals surface area contributed by atoms with Gasteiger partial charge in [0.25, 0.3) is 0 Å². The first kappa shape index (κ1) is 24.7. The average molecular weight is 490 g/mol. The van der Waals surface area contributed by atoms with Gasteiger partial charge in [0.05, 0.1) is 36.3 Å². The maximum atomic E-state index is 14.0. The number of hydrogen-bond acceptors (Lipinski definition) is 7. The number of benzene rings is 2. The molecule has 33 heavy (non-hydrogen) atoms. The first-order valence-corrected chi connectivity index (χ1v) is 10.7. The van der Waals surface area contributed by atoms with Gasteiger partial charge < -0.3 is 19.7 Å². The maximum Gasteiger partial charge on any atom is 0.416 e. The number of ether oxygens (including phenoxy) is 2. The van der Waals surface area contributed by atoms with Gasteiger partial charge in [0.2, 0.25) is 10.0 Å². The van der Waals surface area contributed by atoms with Crippen LogP contribution >= 0.6 is 0 Å². The van der Waals surface area contributed by atoms with Crippen molar-refractivity contribution in [2.24, 2.45) is 0 Å². The number of sulfonamides is 1. The van der Waals surface area contributed by atoms with Gasteiger partial charge in [0.1, 0.15) is 23.5 Å². The summed E-state index contributed by atoms with van der Waals surface area (Å²) in [5, 5.41) is 29.6. The monoisotopic (exact) mass is 490 g/mol. The number of nitriles is 1. The highest BCUT2D eigenvalue weighted by Gasteiger charge is 2.51. The molecule has 0 spiro atoms. The highest BCUT2D eigenvalue weighted by molar-refractivity contribution is 7.89. The van der Waals surface area contributed by atoms with Gasteiger partial charge in [-0.25, -0.2) is 12.8 Å². The van der Waals surface area contributed by atoms with Crippen molar-refractivity contribution in [1.29, 1.82) is 5.26 Å². The Labute approximate surface area is 186 Å². The smallest absolute Gasteiger partial charge is 0.416 e. The molecule has 2 atom stereocenters. The van der Waals surface area contributed by atoms with Crippen LogP contribution in [0.5, 0.6) is 11.5 Å². The molecule has 0 amide bonds. The van der Waals surface area contributed by atoms with Crippen LogP contribution in [0, 0.1) is 17.1 Å². The van der Waals surface area contributed by atoms with Gasteiger partial charge in [-0.15, -0.1) is 0 Å². The summed E-state index contributed by atoms with van der Waals surface area (Å²) in [5.74, 6) is -0.952. The first-order valence-electron chi connectivity index (χ1n) is 9.30. The van der Waals surface area contributed by atoms with Crippen molar-refractivity contribution in [2.75, 3.05) is 26.8 Å². The lowest BCUT2D eigenvalue weighted by Crippen LogP contribution is -2.48. The summed E-state index contributed by atoms with van der Waals surface area (Å²) in [6.45, 7) is -2.14. The molecular weight excluding hydrogens is 472 g/mol. The molecule has 1 fully saturated rings. The van der Waals surface area contributed by atoms with Gasteiger partial charge in [-0.3, -0.25) is 0 Å². The number of alkyl halides is 3. The molecule has 1 heterocycles. The standard InChI is InChI=1S/C20H18F4N2O6S/c1-31-16-4-3-14(7-15(16)21)32-18-9-26(10-19(18,28)11-27)33(29,30)17-5-2-13(20(22,23)24)6-12(17)8-25/h2-7,18,27-28H,9-11H2,1H3/t18-,19?/m0/s1. The van der Waals surface area contributed by atoms with Crippen LogP contribution in [0.3, 0.4) is 0 Å². The second kappa shape index (κ2) is 8.79. The molecule has 1 saturated heterocycles. The zero-order valence-corrected chi connectivity index (χ0v) is 17.8. The third kappa shape index (κ3) is 4.74. The topological polar surface area (TPSA) is 120 Å². The van der Waals surface area contributed by atoms with Gasteiger partial charge in [0.15, 0.2) is 11.6 Å². The lowest BCUT2D eigenvalue weighted by Gasteiger charge is -2.27. The van der Waals surface area contributed by atoms with E-state index in [9.17, 15) is 41.5 Å². The molecule has 2 aromatic carbocycles. The molecule has 1 unspecified atom stereocenters. The summed E-state index contributed by atoms with van der Waals surface area (Å²) in [6, 6.07) is 6.52. The molecule has 3 rings (SSSR count). The normalized spacial score (nSPS) is 21.6. The number of halogens is 4. The number of hydrogen-bond donors (Lipinski definition) is 2. The minimum absolute atomic E-state index is 0.0817. The zero-order chi connectivity index (χ0) is 24.6. The van der Waals surface area contributed by atoms with Crippen molar-refractivity contribution in [3.8, 4) is 17.6 Å². The van der Waals surface area contributed by atoms with Crippen molar-refractivity contribution in [2.45, 2.75) is 22.8 Å². The van der Waals surface area contributed by atoms with Crippen molar-refractivity contribution in [1.82, 2.24) is 4.31 Å². The molecule has 0 bridgehead atoms. The van der Waals surface area contributed by atoms with E-state index in [1.54, 1.807) is 0 Å². The predicted octanol–water partition coefficient (Wildman–Crippen LogP) is 1.90. The average Bonchev–Trinajstić information content (AvgIpc) is 3.10. The van der Waals surface area contributed by atoms with Gasteiger partial charge >= 0.3 is 6.18 Å². The SMILES string of the molecule is COc1ccc(O[C@H]2CN(S(=O)(=O)c3ccc(C(F)(F)F)cc3C#N)CC2(O)CO)cc1F. The fourth-order valence-corrected chi connectivity index (χ4v) is 4.98. The Kier molecular flexibility index (Phi) is 6.58. The van der Waals surface area contributed by atoms with E-state index < -0.39 is 69.4 Å². The Morgan fingerprint density at radius 3 is 2.52 bits per heavy atom. The lowest BCUT2D eigenvalue weighted by molar-refractivity contribution is -0.137. The van der Waals surface area contributed by atoms with E-state index in [1.807, 2.05) is 0 Å².